The molecule has 0 fully saturated rings. The molecule has 5 nitrogen and oxygen atoms in total. The molecule has 0 spiro atoms. The molecule has 0 aliphatic heterocycles. The summed E-state index contributed by atoms with van der Waals surface area (Å²) >= 11 is 0. The van der Waals surface area contributed by atoms with Crippen LogP contribution in [0.15, 0.2) is 72.8 Å². The van der Waals surface area contributed by atoms with Gasteiger partial charge in [0.05, 0.1) is 16.6 Å². The summed E-state index contributed by atoms with van der Waals surface area (Å²) in [6, 6.07) is 23.8. The van der Waals surface area contributed by atoms with E-state index < -0.39 is 0 Å². The zero-order chi connectivity index (χ0) is 20.7. The van der Waals surface area contributed by atoms with Crippen LogP contribution in [0.5, 0.6) is 0 Å². The van der Waals surface area contributed by atoms with E-state index in [1.54, 1.807) is 0 Å². The van der Waals surface area contributed by atoms with E-state index in [4.69, 9.17) is 9.97 Å². The van der Waals surface area contributed by atoms with E-state index in [-0.39, 0.29) is 12.5 Å². The van der Waals surface area contributed by atoms with Gasteiger partial charge in [-0.3, -0.25) is 4.79 Å². The summed E-state index contributed by atoms with van der Waals surface area (Å²) in [6.45, 7) is 4.42. The number of hydrogen-bond donors (Lipinski definition) is 1. The van der Waals surface area contributed by atoms with E-state index in [1.165, 1.54) is 0 Å². The molecule has 148 valence electrons. The Bertz CT molecular complexity index is 1400. The second kappa shape index (κ2) is 7.26. The number of carbonyl (C=O) groups is 1. The highest BCUT2D eigenvalue weighted by atomic mass is 16.1. The van der Waals surface area contributed by atoms with Crippen LogP contribution in [0.25, 0.3) is 33.1 Å². The molecule has 0 atom stereocenters. The SMILES string of the molecule is CC(C)c1ccccc1NC(=O)Cn1c2ccccc2c2nc3ccccc3nc21. The van der Waals surface area contributed by atoms with Gasteiger partial charge in [-0.1, -0.05) is 62.4 Å². The Balaban J connectivity index is 1.60. The van der Waals surface area contributed by atoms with Gasteiger partial charge in [0.15, 0.2) is 5.65 Å². The van der Waals surface area contributed by atoms with Gasteiger partial charge in [-0.15, -0.1) is 0 Å². The minimum absolute atomic E-state index is 0.0827. The molecule has 30 heavy (non-hydrogen) atoms. The molecule has 5 aromatic rings. The standard InChI is InChI=1S/C25H22N4O/c1-16(2)17-9-3-5-11-19(17)26-23(30)15-29-22-14-8-4-10-18(22)24-25(29)28-21-13-7-6-12-20(21)27-24/h3-14,16H,15H2,1-2H3,(H,26,30). The zero-order valence-electron chi connectivity index (χ0n) is 17.0. The summed E-state index contributed by atoms with van der Waals surface area (Å²) in [5.74, 6) is 0.243. The fourth-order valence-electron chi connectivity index (χ4n) is 3.99. The first-order valence-electron chi connectivity index (χ1n) is 10.1. The predicted octanol–water partition coefficient (Wildman–Crippen LogP) is 5.50. The van der Waals surface area contributed by atoms with Gasteiger partial charge in [-0.2, -0.15) is 0 Å². The third kappa shape index (κ3) is 3.08. The number of rotatable bonds is 4. The third-order valence-electron chi connectivity index (χ3n) is 5.42. The van der Waals surface area contributed by atoms with Crippen LogP contribution in [0, 0.1) is 0 Å². The Hall–Kier alpha value is -3.73. The van der Waals surface area contributed by atoms with Crippen LogP contribution in [0.2, 0.25) is 0 Å². The Labute approximate surface area is 174 Å². The number of anilines is 1. The number of hydrogen-bond acceptors (Lipinski definition) is 3. The van der Waals surface area contributed by atoms with E-state index >= 15 is 0 Å². The molecular formula is C25H22N4O. The summed E-state index contributed by atoms with van der Waals surface area (Å²) in [6.07, 6.45) is 0. The highest BCUT2D eigenvalue weighted by Crippen LogP contribution is 2.29. The monoisotopic (exact) mass is 394 g/mol. The maximum Gasteiger partial charge on any atom is 0.244 e. The van der Waals surface area contributed by atoms with Gasteiger partial charge in [-0.25, -0.2) is 9.97 Å². The van der Waals surface area contributed by atoms with Crippen molar-refractivity contribution in [3.05, 3.63) is 78.4 Å². The molecule has 3 aromatic carbocycles. The molecule has 0 aliphatic carbocycles. The molecule has 0 saturated carbocycles. The van der Waals surface area contributed by atoms with Crippen LogP contribution >= 0.6 is 0 Å². The van der Waals surface area contributed by atoms with Crippen molar-refractivity contribution >= 4 is 44.7 Å². The summed E-state index contributed by atoms with van der Waals surface area (Å²) in [4.78, 5) is 22.7. The molecule has 5 heteroatoms. The van der Waals surface area contributed by atoms with Crippen LogP contribution in [0.1, 0.15) is 25.3 Å². The average molecular weight is 394 g/mol. The van der Waals surface area contributed by atoms with Gasteiger partial charge in [0.2, 0.25) is 5.91 Å². The Morgan fingerprint density at radius 3 is 2.37 bits per heavy atom. The second-order valence-corrected chi connectivity index (χ2v) is 7.78. The van der Waals surface area contributed by atoms with Crippen molar-refractivity contribution in [3.63, 3.8) is 0 Å². The summed E-state index contributed by atoms with van der Waals surface area (Å²) in [5.41, 5.74) is 6.15. The number of nitrogens with zero attached hydrogens (tertiary/aromatic N) is 3. The van der Waals surface area contributed by atoms with Crippen molar-refractivity contribution in [1.82, 2.24) is 14.5 Å². The minimum atomic E-state index is -0.0827. The Morgan fingerprint density at radius 1 is 0.900 bits per heavy atom. The molecule has 2 aromatic heterocycles. The molecule has 0 radical (unpaired) electrons. The van der Waals surface area contributed by atoms with Crippen molar-refractivity contribution < 1.29 is 4.79 Å². The Kier molecular flexibility index (Phi) is 4.43. The summed E-state index contributed by atoms with van der Waals surface area (Å²) in [7, 11) is 0. The van der Waals surface area contributed by atoms with Gasteiger partial charge in [0.25, 0.3) is 0 Å². The lowest BCUT2D eigenvalue weighted by Crippen LogP contribution is -2.20. The molecule has 0 unspecified atom stereocenters. The first-order valence-corrected chi connectivity index (χ1v) is 10.1. The fourth-order valence-corrected chi connectivity index (χ4v) is 3.99. The zero-order valence-corrected chi connectivity index (χ0v) is 17.0. The number of carbonyl (C=O) groups excluding carboxylic acids is 1. The molecule has 5 rings (SSSR count). The summed E-state index contributed by atoms with van der Waals surface area (Å²) < 4.78 is 1.96. The van der Waals surface area contributed by atoms with Gasteiger partial charge < -0.3 is 9.88 Å². The number of benzene rings is 3. The smallest absolute Gasteiger partial charge is 0.244 e. The molecule has 1 amide bonds. The molecule has 2 heterocycles. The van der Waals surface area contributed by atoms with Crippen molar-refractivity contribution in [1.29, 1.82) is 0 Å². The Morgan fingerprint density at radius 2 is 1.57 bits per heavy atom. The van der Waals surface area contributed by atoms with Crippen molar-refractivity contribution in [2.75, 3.05) is 5.32 Å². The maximum absolute atomic E-state index is 13.0. The maximum atomic E-state index is 13.0. The summed E-state index contributed by atoms with van der Waals surface area (Å²) in [5, 5.41) is 4.09. The van der Waals surface area contributed by atoms with E-state index in [0.717, 1.165) is 44.4 Å². The number of amides is 1. The quantitative estimate of drug-likeness (QED) is 0.438. The van der Waals surface area contributed by atoms with E-state index in [1.807, 2.05) is 71.3 Å². The lowest BCUT2D eigenvalue weighted by atomic mass is 10.0. The van der Waals surface area contributed by atoms with Crippen LogP contribution in [0.4, 0.5) is 5.69 Å². The second-order valence-electron chi connectivity index (χ2n) is 7.78. The van der Waals surface area contributed by atoms with E-state index in [9.17, 15) is 4.79 Å². The molecule has 0 aliphatic rings. The van der Waals surface area contributed by atoms with Gasteiger partial charge in [0.1, 0.15) is 12.1 Å². The highest BCUT2D eigenvalue weighted by Gasteiger charge is 2.17. The number of aromatic nitrogens is 3. The van der Waals surface area contributed by atoms with E-state index in [2.05, 4.69) is 25.2 Å². The molecule has 1 N–H and O–H groups in total. The van der Waals surface area contributed by atoms with Crippen LogP contribution < -0.4 is 5.32 Å². The first kappa shape index (κ1) is 18.3. The highest BCUT2D eigenvalue weighted by molar-refractivity contribution is 6.07. The van der Waals surface area contributed by atoms with Crippen LogP contribution in [-0.4, -0.2) is 20.4 Å². The van der Waals surface area contributed by atoms with Crippen molar-refractivity contribution in [2.45, 2.75) is 26.3 Å². The largest absolute Gasteiger partial charge is 0.324 e. The van der Waals surface area contributed by atoms with Crippen molar-refractivity contribution in [2.24, 2.45) is 0 Å². The molecule has 0 bridgehead atoms. The van der Waals surface area contributed by atoms with Gasteiger partial charge in [0, 0.05) is 11.1 Å². The lowest BCUT2D eigenvalue weighted by Gasteiger charge is -2.14. The number of para-hydroxylation sites is 4. The van der Waals surface area contributed by atoms with Gasteiger partial charge >= 0.3 is 0 Å². The molecular weight excluding hydrogens is 372 g/mol. The van der Waals surface area contributed by atoms with Crippen LogP contribution in [0.3, 0.4) is 0 Å². The fraction of sp³-hybridized carbons (Fsp3) is 0.160. The van der Waals surface area contributed by atoms with Crippen molar-refractivity contribution in [3.8, 4) is 0 Å². The molecule has 0 saturated heterocycles. The van der Waals surface area contributed by atoms with Gasteiger partial charge in [-0.05, 0) is 35.7 Å². The normalized spacial score (nSPS) is 11.6. The van der Waals surface area contributed by atoms with Crippen LogP contribution in [-0.2, 0) is 11.3 Å². The number of nitrogens with one attached hydrogen (secondary N) is 1. The average Bonchev–Trinajstić information content (AvgIpc) is 3.05. The first-order chi connectivity index (χ1) is 14.6. The topological polar surface area (TPSA) is 59.8 Å². The third-order valence-corrected chi connectivity index (χ3v) is 5.42. The van der Waals surface area contributed by atoms with E-state index in [0.29, 0.717) is 5.92 Å². The lowest BCUT2D eigenvalue weighted by molar-refractivity contribution is -0.116. The predicted molar refractivity (Wildman–Crippen MR) is 122 cm³/mol. The number of fused-ring (bicyclic) bond motifs is 4. The minimum Gasteiger partial charge on any atom is -0.324 e.